The highest BCUT2D eigenvalue weighted by atomic mass is 16.1. The fraction of sp³-hybridized carbons (Fsp3) is 0. The summed E-state index contributed by atoms with van der Waals surface area (Å²) in [6.07, 6.45) is 0. The molecule has 0 fully saturated rings. The van der Waals surface area contributed by atoms with Crippen molar-refractivity contribution in [3.05, 3.63) is 21.0 Å². The molecule has 2 heterocycles. The number of nitrogens with one attached hydrogen (secondary N) is 4. The molecule has 2 rings (SSSR count). The fourth-order valence-corrected chi connectivity index (χ4v) is 0.566. The quantitative estimate of drug-likeness (QED) is 0.271. The lowest BCUT2D eigenvalue weighted by molar-refractivity contribution is 1.05. The number of anilines is 2. The molecule has 14 heavy (non-hydrogen) atoms. The normalized spacial score (nSPS) is 9.14. The second-order valence-corrected chi connectivity index (χ2v) is 2.13. The van der Waals surface area contributed by atoms with Gasteiger partial charge in [0.05, 0.1) is 0 Å². The third-order valence-corrected chi connectivity index (χ3v) is 1.04. The topological polar surface area (TPSA) is 175 Å². The maximum absolute atomic E-state index is 10.0. The second kappa shape index (κ2) is 3.93. The Morgan fingerprint density at radius 3 is 1.29 bits per heavy atom. The summed E-state index contributed by atoms with van der Waals surface area (Å²) in [6, 6.07) is 0. The minimum Gasteiger partial charge on any atom is -0.368 e. The molecule has 0 bridgehead atoms. The molecule has 0 saturated heterocycles. The Labute approximate surface area is 75.7 Å². The molecule has 0 aliphatic rings. The Hall–Kier alpha value is -2.52. The van der Waals surface area contributed by atoms with Crippen LogP contribution in [-0.2, 0) is 0 Å². The lowest BCUT2D eigenvalue weighted by Gasteiger charge is -1.67. The molecule has 2 aromatic heterocycles. The number of hydrogen-bond donors (Lipinski definition) is 6. The van der Waals surface area contributed by atoms with Crippen LogP contribution in [0.1, 0.15) is 0 Å². The number of aromatic nitrogens is 6. The maximum atomic E-state index is 10.0. The van der Waals surface area contributed by atoms with Gasteiger partial charge in [-0.05, 0) is 0 Å². The first kappa shape index (κ1) is 9.57. The zero-order chi connectivity index (χ0) is 10.6. The van der Waals surface area contributed by atoms with E-state index in [2.05, 4.69) is 30.4 Å². The van der Waals surface area contributed by atoms with Crippen molar-refractivity contribution in [2.24, 2.45) is 0 Å². The molecule has 2 aromatic rings. The van der Waals surface area contributed by atoms with Crippen molar-refractivity contribution in [2.75, 3.05) is 11.5 Å². The van der Waals surface area contributed by atoms with Gasteiger partial charge in [-0.3, -0.25) is 9.97 Å². The zero-order valence-corrected chi connectivity index (χ0v) is 6.87. The van der Waals surface area contributed by atoms with Gasteiger partial charge in [-0.15, -0.1) is 10.2 Å². The van der Waals surface area contributed by atoms with Crippen LogP contribution in [-0.4, -0.2) is 30.4 Å². The van der Waals surface area contributed by atoms with Crippen LogP contribution in [0.3, 0.4) is 0 Å². The highest BCUT2D eigenvalue weighted by molar-refractivity contribution is 5.08. The summed E-state index contributed by atoms with van der Waals surface area (Å²) < 4.78 is 0. The number of nitrogen functional groups attached to an aromatic ring is 2. The van der Waals surface area contributed by atoms with E-state index in [0.717, 1.165) is 0 Å². The summed E-state index contributed by atoms with van der Waals surface area (Å²) in [5, 5.41) is 10.8. The minimum absolute atomic E-state index is 0.116. The summed E-state index contributed by atoms with van der Waals surface area (Å²) >= 11 is 0. The first-order valence-electron chi connectivity index (χ1n) is 3.38. The van der Waals surface area contributed by atoms with Crippen molar-refractivity contribution in [3.8, 4) is 0 Å². The summed E-state index contributed by atoms with van der Waals surface area (Å²) in [6.45, 7) is 0. The van der Waals surface area contributed by atoms with Crippen molar-refractivity contribution in [1.29, 1.82) is 0 Å². The molecule has 0 aliphatic heterocycles. The van der Waals surface area contributed by atoms with Gasteiger partial charge in [-0.1, -0.05) is 0 Å². The van der Waals surface area contributed by atoms with Crippen molar-refractivity contribution < 1.29 is 0 Å². The van der Waals surface area contributed by atoms with Crippen LogP contribution in [0, 0.1) is 0 Å². The van der Waals surface area contributed by atoms with Crippen molar-refractivity contribution >= 4 is 11.9 Å². The van der Waals surface area contributed by atoms with Gasteiger partial charge in [0.25, 0.3) is 0 Å². The third kappa shape index (κ3) is 2.84. The molecule has 0 atom stereocenters. The summed E-state index contributed by atoms with van der Waals surface area (Å²) in [5.41, 5.74) is 9.21. The van der Waals surface area contributed by atoms with E-state index in [1.165, 1.54) is 0 Å². The lowest BCUT2D eigenvalue weighted by Crippen LogP contribution is -2.00. The zero-order valence-electron chi connectivity index (χ0n) is 6.87. The first-order chi connectivity index (χ1) is 6.58. The van der Waals surface area contributed by atoms with Gasteiger partial charge in [0.1, 0.15) is 0 Å². The van der Waals surface area contributed by atoms with E-state index in [9.17, 15) is 9.59 Å². The molecular weight excluding hydrogens is 192 g/mol. The van der Waals surface area contributed by atoms with Crippen LogP contribution in [0.2, 0.25) is 0 Å². The third-order valence-electron chi connectivity index (χ3n) is 1.04. The fourth-order valence-electron chi connectivity index (χ4n) is 0.566. The van der Waals surface area contributed by atoms with Gasteiger partial charge < -0.3 is 11.5 Å². The van der Waals surface area contributed by atoms with Crippen molar-refractivity contribution in [3.63, 3.8) is 0 Å². The van der Waals surface area contributed by atoms with Crippen LogP contribution >= 0.6 is 0 Å². The van der Waals surface area contributed by atoms with Gasteiger partial charge in [-0.25, -0.2) is 19.8 Å². The van der Waals surface area contributed by atoms with Gasteiger partial charge in [-0.2, -0.15) is 0 Å². The Morgan fingerprint density at radius 1 is 0.857 bits per heavy atom. The van der Waals surface area contributed by atoms with Crippen molar-refractivity contribution in [2.45, 2.75) is 0 Å². The molecule has 0 saturated carbocycles. The molecule has 10 heteroatoms. The Kier molecular flexibility index (Phi) is 2.69. The molecular formula is C4H8N8O2. The van der Waals surface area contributed by atoms with E-state index in [4.69, 9.17) is 11.5 Å². The van der Waals surface area contributed by atoms with Crippen LogP contribution in [0.5, 0.6) is 0 Å². The molecule has 0 amide bonds. The average molecular weight is 200 g/mol. The molecule has 76 valence electrons. The Morgan fingerprint density at radius 2 is 1.21 bits per heavy atom. The maximum Gasteiger partial charge on any atom is 0.342 e. The monoisotopic (exact) mass is 200 g/mol. The number of nitrogens with two attached hydrogens (primary N) is 2. The van der Waals surface area contributed by atoms with E-state index in [-0.39, 0.29) is 23.3 Å². The van der Waals surface area contributed by atoms with E-state index in [1.807, 2.05) is 0 Å². The van der Waals surface area contributed by atoms with Gasteiger partial charge in [0.2, 0.25) is 11.9 Å². The summed E-state index contributed by atoms with van der Waals surface area (Å²) in [5.74, 6) is 0.231. The van der Waals surface area contributed by atoms with E-state index >= 15 is 0 Å². The van der Waals surface area contributed by atoms with Crippen LogP contribution in [0.25, 0.3) is 0 Å². The van der Waals surface area contributed by atoms with Crippen molar-refractivity contribution in [1.82, 2.24) is 30.4 Å². The number of H-pyrrole nitrogens is 4. The number of hydrogen-bond acceptors (Lipinski definition) is 6. The van der Waals surface area contributed by atoms with Gasteiger partial charge in [0.15, 0.2) is 0 Å². The largest absolute Gasteiger partial charge is 0.368 e. The Bertz CT molecular complexity index is 441. The van der Waals surface area contributed by atoms with E-state index in [0.29, 0.717) is 0 Å². The van der Waals surface area contributed by atoms with Gasteiger partial charge in [0, 0.05) is 0 Å². The first-order valence-corrected chi connectivity index (χ1v) is 3.38. The molecule has 0 unspecified atom stereocenters. The standard InChI is InChI=1S/2C2H4N4O/c2*3-1-4-2(7)6-5-1/h2*(H4,3,4,5,6,7). The van der Waals surface area contributed by atoms with Crippen LogP contribution < -0.4 is 22.8 Å². The summed E-state index contributed by atoms with van der Waals surface area (Å²) in [4.78, 5) is 24.5. The van der Waals surface area contributed by atoms with Crippen LogP contribution in [0.15, 0.2) is 9.59 Å². The summed E-state index contributed by atoms with van der Waals surface area (Å²) in [7, 11) is 0. The molecule has 0 radical (unpaired) electrons. The molecule has 10 nitrogen and oxygen atoms in total. The second-order valence-electron chi connectivity index (χ2n) is 2.13. The van der Waals surface area contributed by atoms with E-state index in [1.54, 1.807) is 0 Å². The number of rotatable bonds is 0. The highest BCUT2D eigenvalue weighted by Gasteiger charge is 1.84. The molecule has 8 N–H and O–H groups in total. The Balaban J connectivity index is 0.000000140. The average Bonchev–Trinajstić information content (AvgIpc) is 2.63. The SMILES string of the molecule is Nc1n[nH]c(=O)[nH]1.Nc1n[nH]c(=O)[nH]1. The van der Waals surface area contributed by atoms with E-state index < -0.39 is 0 Å². The number of nitrogens with zero attached hydrogens (tertiary/aromatic N) is 2. The number of aromatic amines is 4. The predicted molar refractivity (Wildman–Crippen MR) is 47.2 cm³/mol. The van der Waals surface area contributed by atoms with Gasteiger partial charge >= 0.3 is 11.4 Å². The predicted octanol–water partition coefficient (Wildman–Crippen LogP) is -2.64. The molecule has 0 aliphatic carbocycles. The minimum atomic E-state index is -0.377. The smallest absolute Gasteiger partial charge is 0.342 e. The molecule has 0 spiro atoms. The molecule has 0 aromatic carbocycles. The lowest BCUT2D eigenvalue weighted by atomic mass is 11.1. The highest BCUT2D eigenvalue weighted by Crippen LogP contribution is 1.71. The van der Waals surface area contributed by atoms with Crippen LogP contribution in [0.4, 0.5) is 11.9 Å².